The SMILES string of the molecule is C/C(=N\O)c1ccccc1NC(=O)c1cccc(Br)c1. The molecule has 2 N–H and O–H groups in total. The highest BCUT2D eigenvalue weighted by molar-refractivity contribution is 9.10. The summed E-state index contributed by atoms with van der Waals surface area (Å²) in [7, 11) is 0. The molecule has 4 nitrogen and oxygen atoms in total. The average Bonchev–Trinajstić information content (AvgIpc) is 2.47. The second-order valence-electron chi connectivity index (χ2n) is 4.20. The van der Waals surface area contributed by atoms with Gasteiger partial charge in [0.25, 0.3) is 5.91 Å². The summed E-state index contributed by atoms with van der Waals surface area (Å²) in [5, 5.41) is 14.9. The summed E-state index contributed by atoms with van der Waals surface area (Å²) in [6.45, 7) is 1.67. The van der Waals surface area contributed by atoms with Crippen LogP contribution in [0.15, 0.2) is 58.2 Å². The second kappa shape index (κ2) is 6.34. The van der Waals surface area contributed by atoms with Crippen LogP contribution in [0.5, 0.6) is 0 Å². The number of para-hydroxylation sites is 1. The van der Waals surface area contributed by atoms with Crippen LogP contribution in [-0.2, 0) is 0 Å². The van der Waals surface area contributed by atoms with E-state index >= 15 is 0 Å². The number of carbonyl (C=O) groups is 1. The Balaban J connectivity index is 2.29. The smallest absolute Gasteiger partial charge is 0.255 e. The first-order chi connectivity index (χ1) is 9.61. The van der Waals surface area contributed by atoms with E-state index in [2.05, 4.69) is 26.4 Å². The molecule has 0 aliphatic heterocycles. The van der Waals surface area contributed by atoms with Crippen LogP contribution in [0.1, 0.15) is 22.8 Å². The summed E-state index contributed by atoms with van der Waals surface area (Å²) in [4.78, 5) is 12.2. The standard InChI is InChI=1S/C15H13BrN2O2/c1-10(18-20)13-7-2-3-8-14(13)17-15(19)11-5-4-6-12(16)9-11/h2-9,20H,1H3,(H,17,19)/b18-10+. The minimum Gasteiger partial charge on any atom is -0.411 e. The zero-order valence-corrected chi connectivity index (χ0v) is 12.4. The molecule has 0 spiro atoms. The molecule has 102 valence electrons. The summed E-state index contributed by atoms with van der Waals surface area (Å²) in [5.74, 6) is -0.218. The van der Waals surface area contributed by atoms with Crippen LogP contribution in [0.25, 0.3) is 0 Å². The fourth-order valence-corrected chi connectivity index (χ4v) is 2.18. The molecule has 0 bridgehead atoms. The third kappa shape index (κ3) is 3.24. The summed E-state index contributed by atoms with van der Waals surface area (Å²) in [6, 6.07) is 14.3. The van der Waals surface area contributed by atoms with Crippen molar-refractivity contribution in [2.75, 3.05) is 5.32 Å². The Morgan fingerprint density at radius 2 is 1.95 bits per heavy atom. The van der Waals surface area contributed by atoms with Gasteiger partial charge in [0.05, 0.1) is 11.4 Å². The highest BCUT2D eigenvalue weighted by Crippen LogP contribution is 2.18. The molecule has 0 heterocycles. The lowest BCUT2D eigenvalue weighted by atomic mass is 10.1. The topological polar surface area (TPSA) is 61.7 Å². The first-order valence-electron chi connectivity index (χ1n) is 5.97. The van der Waals surface area contributed by atoms with E-state index < -0.39 is 0 Å². The number of nitrogens with one attached hydrogen (secondary N) is 1. The van der Waals surface area contributed by atoms with E-state index in [0.717, 1.165) is 4.47 Å². The van der Waals surface area contributed by atoms with Gasteiger partial charge in [-0.3, -0.25) is 4.79 Å². The molecule has 0 saturated heterocycles. The normalized spacial score (nSPS) is 11.2. The number of rotatable bonds is 3. The molecule has 20 heavy (non-hydrogen) atoms. The van der Waals surface area contributed by atoms with Gasteiger partial charge in [-0.25, -0.2) is 0 Å². The third-order valence-corrected chi connectivity index (χ3v) is 3.30. The van der Waals surface area contributed by atoms with Gasteiger partial charge in [0.1, 0.15) is 0 Å². The Labute approximate surface area is 125 Å². The number of nitrogens with zero attached hydrogens (tertiary/aromatic N) is 1. The van der Waals surface area contributed by atoms with Crippen molar-refractivity contribution in [1.82, 2.24) is 0 Å². The maximum atomic E-state index is 12.2. The van der Waals surface area contributed by atoms with Gasteiger partial charge in [0.2, 0.25) is 0 Å². The fourth-order valence-electron chi connectivity index (χ4n) is 1.79. The van der Waals surface area contributed by atoms with Gasteiger partial charge >= 0.3 is 0 Å². The van der Waals surface area contributed by atoms with Crippen LogP contribution in [-0.4, -0.2) is 16.8 Å². The number of hydrogen-bond donors (Lipinski definition) is 2. The molecule has 0 unspecified atom stereocenters. The number of anilines is 1. The van der Waals surface area contributed by atoms with Crippen LogP contribution in [0.2, 0.25) is 0 Å². The number of hydrogen-bond acceptors (Lipinski definition) is 3. The number of oxime groups is 1. The van der Waals surface area contributed by atoms with Crippen molar-refractivity contribution < 1.29 is 10.0 Å². The van der Waals surface area contributed by atoms with Crippen LogP contribution >= 0.6 is 15.9 Å². The zero-order valence-electron chi connectivity index (χ0n) is 10.8. The first-order valence-corrected chi connectivity index (χ1v) is 6.76. The number of halogens is 1. The number of benzene rings is 2. The summed E-state index contributed by atoms with van der Waals surface area (Å²) >= 11 is 3.33. The van der Waals surface area contributed by atoms with E-state index in [1.807, 2.05) is 18.2 Å². The molecular weight excluding hydrogens is 320 g/mol. The van der Waals surface area contributed by atoms with E-state index in [-0.39, 0.29) is 5.91 Å². The zero-order chi connectivity index (χ0) is 14.5. The van der Waals surface area contributed by atoms with Crippen molar-refractivity contribution in [3.8, 4) is 0 Å². The lowest BCUT2D eigenvalue weighted by Crippen LogP contribution is -2.14. The second-order valence-corrected chi connectivity index (χ2v) is 5.11. The number of amides is 1. The molecule has 0 radical (unpaired) electrons. The van der Waals surface area contributed by atoms with E-state index in [0.29, 0.717) is 22.5 Å². The van der Waals surface area contributed by atoms with E-state index in [1.165, 1.54) is 0 Å². The van der Waals surface area contributed by atoms with Crippen LogP contribution < -0.4 is 5.32 Å². The highest BCUT2D eigenvalue weighted by Gasteiger charge is 2.10. The van der Waals surface area contributed by atoms with Crippen molar-refractivity contribution >= 4 is 33.2 Å². The quantitative estimate of drug-likeness (QED) is 0.508. The fraction of sp³-hybridized carbons (Fsp3) is 0.0667. The van der Waals surface area contributed by atoms with Crippen molar-refractivity contribution in [1.29, 1.82) is 0 Å². The van der Waals surface area contributed by atoms with Gasteiger partial charge < -0.3 is 10.5 Å². The molecule has 2 rings (SSSR count). The van der Waals surface area contributed by atoms with Gasteiger partial charge in [-0.1, -0.05) is 45.4 Å². The van der Waals surface area contributed by atoms with E-state index in [4.69, 9.17) is 5.21 Å². The Morgan fingerprint density at radius 3 is 2.65 bits per heavy atom. The van der Waals surface area contributed by atoms with Gasteiger partial charge in [0.15, 0.2) is 0 Å². The lowest BCUT2D eigenvalue weighted by molar-refractivity contribution is 0.102. The first kappa shape index (κ1) is 14.3. The minimum absolute atomic E-state index is 0.218. The van der Waals surface area contributed by atoms with E-state index in [9.17, 15) is 4.79 Å². The van der Waals surface area contributed by atoms with Crippen molar-refractivity contribution in [3.05, 3.63) is 64.1 Å². The molecule has 0 aliphatic carbocycles. The lowest BCUT2D eigenvalue weighted by Gasteiger charge is -2.10. The molecule has 0 aliphatic rings. The third-order valence-electron chi connectivity index (χ3n) is 2.80. The molecular formula is C15H13BrN2O2. The van der Waals surface area contributed by atoms with Gasteiger partial charge in [-0.05, 0) is 31.2 Å². The maximum absolute atomic E-state index is 12.2. The monoisotopic (exact) mass is 332 g/mol. The molecule has 0 atom stereocenters. The molecule has 2 aromatic rings. The van der Waals surface area contributed by atoms with Crippen molar-refractivity contribution in [3.63, 3.8) is 0 Å². The predicted molar refractivity (Wildman–Crippen MR) is 82.5 cm³/mol. The Bertz CT molecular complexity index is 668. The Morgan fingerprint density at radius 1 is 1.20 bits per heavy atom. The van der Waals surface area contributed by atoms with Crippen LogP contribution in [0.3, 0.4) is 0 Å². The summed E-state index contributed by atoms with van der Waals surface area (Å²) < 4.78 is 0.839. The number of carbonyl (C=O) groups excluding carboxylic acids is 1. The highest BCUT2D eigenvalue weighted by atomic mass is 79.9. The van der Waals surface area contributed by atoms with Crippen LogP contribution in [0.4, 0.5) is 5.69 Å². The predicted octanol–water partition coefficient (Wildman–Crippen LogP) is 3.90. The average molecular weight is 333 g/mol. The molecule has 0 saturated carbocycles. The Hall–Kier alpha value is -2.14. The molecule has 5 heteroatoms. The van der Waals surface area contributed by atoms with Crippen molar-refractivity contribution in [2.45, 2.75) is 6.92 Å². The summed E-state index contributed by atoms with van der Waals surface area (Å²) in [6.07, 6.45) is 0. The molecule has 0 fully saturated rings. The molecule has 2 aromatic carbocycles. The maximum Gasteiger partial charge on any atom is 0.255 e. The molecule has 1 amide bonds. The minimum atomic E-state index is -0.218. The van der Waals surface area contributed by atoms with Gasteiger partial charge in [-0.2, -0.15) is 0 Å². The van der Waals surface area contributed by atoms with E-state index in [1.54, 1.807) is 37.3 Å². The largest absolute Gasteiger partial charge is 0.411 e. The van der Waals surface area contributed by atoms with Gasteiger partial charge in [-0.15, -0.1) is 0 Å². The van der Waals surface area contributed by atoms with Gasteiger partial charge in [0, 0.05) is 15.6 Å². The Kier molecular flexibility index (Phi) is 4.53. The summed E-state index contributed by atoms with van der Waals surface area (Å²) in [5.41, 5.74) is 2.27. The molecule has 0 aromatic heterocycles. The van der Waals surface area contributed by atoms with Crippen molar-refractivity contribution in [2.24, 2.45) is 5.16 Å². The van der Waals surface area contributed by atoms with Crippen LogP contribution in [0, 0.1) is 0 Å².